The maximum atomic E-state index is 12.0. The van der Waals surface area contributed by atoms with Crippen molar-refractivity contribution in [3.05, 3.63) is 34.4 Å². The zero-order valence-corrected chi connectivity index (χ0v) is 19.2. The van der Waals surface area contributed by atoms with Gasteiger partial charge in [-0.15, -0.1) is 0 Å². The van der Waals surface area contributed by atoms with Crippen molar-refractivity contribution in [3.63, 3.8) is 0 Å². The first kappa shape index (κ1) is 24.2. The van der Waals surface area contributed by atoms with E-state index in [1.807, 2.05) is 27.7 Å². The molecule has 0 aliphatic rings. The van der Waals surface area contributed by atoms with E-state index in [0.29, 0.717) is 24.0 Å². The maximum Gasteiger partial charge on any atom is 0.0718 e. The van der Waals surface area contributed by atoms with E-state index in [1.165, 1.54) is 12.1 Å². The fourth-order valence-electron chi connectivity index (χ4n) is 5.18. The minimum absolute atomic E-state index is 0.0660. The molecule has 1 aromatic rings. The summed E-state index contributed by atoms with van der Waals surface area (Å²) in [7, 11) is 0. The molecule has 0 aliphatic carbocycles. The largest absolute Gasteiger partial charge is 0.545 e. The van der Waals surface area contributed by atoms with Gasteiger partial charge >= 0.3 is 0 Å². The average Bonchev–Trinajstić information content (AvgIpc) is 2.40. The van der Waals surface area contributed by atoms with Crippen molar-refractivity contribution in [1.29, 1.82) is 0 Å². The first-order chi connectivity index (χ1) is 12.3. The number of benzene rings is 1. The molecule has 0 heterocycles. The van der Waals surface area contributed by atoms with E-state index >= 15 is 0 Å². The number of hydrogen-bond donors (Lipinski definition) is 0. The van der Waals surface area contributed by atoms with E-state index < -0.39 is 22.8 Å². The van der Waals surface area contributed by atoms with E-state index in [1.54, 1.807) is 0 Å². The van der Waals surface area contributed by atoms with Gasteiger partial charge in [0.1, 0.15) is 0 Å². The van der Waals surface area contributed by atoms with Gasteiger partial charge in [0.05, 0.1) is 11.9 Å². The second-order valence-electron chi connectivity index (χ2n) is 11.7. The molecule has 0 fully saturated rings. The summed E-state index contributed by atoms with van der Waals surface area (Å²) in [5.74, 6) is -2.57. The molecule has 0 radical (unpaired) electrons. The molecule has 4 heteroatoms. The average molecular weight is 389 g/mol. The number of carbonyl (C=O) groups is 2. The lowest BCUT2D eigenvalue weighted by molar-refractivity contribution is -0.256. The van der Waals surface area contributed by atoms with Crippen molar-refractivity contribution in [2.75, 3.05) is 0 Å². The highest BCUT2D eigenvalue weighted by molar-refractivity contribution is 5.94. The van der Waals surface area contributed by atoms with Gasteiger partial charge in [0.2, 0.25) is 0 Å². The van der Waals surface area contributed by atoms with Crippen LogP contribution in [0.3, 0.4) is 0 Å². The summed E-state index contributed by atoms with van der Waals surface area (Å²) in [5, 5.41) is 24.0. The Morgan fingerprint density at radius 1 is 0.643 bits per heavy atom. The molecule has 4 nitrogen and oxygen atoms in total. The van der Waals surface area contributed by atoms with Crippen LogP contribution >= 0.6 is 0 Å². The third-order valence-electron chi connectivity index (χ3n) is 4.94. The molecule has 0 saturated heterocycles. The lowest BCUT2D eigenvalue weighted by Crippen LogP contribution is -2.38. The predicted molar refractivity (Wildman–Crippen MR) is 109 cm³/mol. The van der Waals surface area contributed by atoms with Crippen LogP contribution in [0.2, 0.25) is 0 Å². The third-order valence-corrected chi connectivity index (χ3v) is 4.94. The van der Waals surface area contributed by atoms with Crippen molar-refractivity contribution in [3.8, 4) is 0 Å². The second kappa shape index (κ2) is 7.53. The highest BCUT2D eigenvalue weighted by Gasteiger charge is 2.38. The monoisotopic (exact) mass is 388 g/mol. The Bertz CT molecular complexity index is 691. The van der Waals surface area contributed by atoms with Gasteiger partial charge < -0.3 is 19.8 Å². The molecule has 1 rings (SSSR count). The molecule has 1 aromatic carbocycles. The third kappa shape index (κ3) is 5.83. The van der Waals surface area contributed by atoms with Gasteiger partial charge in [0.25, 0.3) is 0 Å². The Morgan fingerprint density at radius 3 is 1.07 bits per heavy atom. The van der Waals surface area contributed by atoms with Crippen LogP contribution in [0, 0.1) is 10.8 Å². The topological polar surface area (TPSA) is 80.3 Å². The predicted octanol–water partition coefficient (Wildman–Crippen LogP) is 3.84. The van der Waals surface area contributed by atoms with E-state index in [4.69, 9.17) is 0 Å². The number of carboxylic acids is 2. The molecule has 0 amide bonds. The van der Waals surface area contributed by atoms with Crippen LogP contribution in [0.25, 0.3) is 0 Å². The molecule has 0 aromatic heterocycles. The van der Waals surface area contributed by atoms with Gasteiger partial charge in [-0.25, -0.2) is 0 Å². The summed E-state index contributed by atoms with van der Waals surface area (Å²) in [6.45, 7) is 20.5. The second-order valence-corrected chi connectivity index (χ2v) is 11.7. The fourth-order valence-corrected chi connectivity index (χ4v) is 5.18. The number of hydrogen-bond acceptors (Lipinski definition) is 4. The van der Waals surface area contributed by atoms with Crippen molar-refractivity contribution in [2.24, 2.45) is 10.8 Å². The van der Waals surface area contributed by atoms with Crippen LogP contribution in [0.5, 0.6) is 0 Å². The number of aromatic carboxylic acids is 2. The van der Waals surface area contributed by atoms with Crippen molar-refractivity contribution in [2.45, 2.75) is 92.9 Å². The van der Waals surface area contributed by atoms with E-state index in [9.17, 15) is 19.8 Å². The van der Waals surface area contributed by atoms with Crippen LogP contribution in [0.15, 0.2) is 12.1 Å². The summed E-state index contributed by atoms with van der Waals surface area (Å²) in [6.07, 6.45) is 1.38. The fraction of sp³-hybridized carbons (Fsp3) is 0.667. The van der Waals surface area contributed by atoms with Crippen molar-refractivity contribution >= 4 is 11.9 Å². The summed E-state index contributed by atoms with van der Waals surface area (Å²) in [4.78, 5) is 24.0. The molecule has 0 saturated carbocycles. The first-order valence-corrected chi connectivity index (χ1v) is 9.89. The molecule has 28 heavy (non-hydrogen) atoms. The Balaban J connectivity index is 4.01. The number of rotatable bonds is 6. The minimum atomic E-state index is -1.28. The van der Waals surface area contributed by atoms with Crippen LogP contribution < -0.4 is 10.2 Å². The smallest absolute Gasteiger partial charge is 0.0718 e. The quantitative estimate of drug-likeness (QED) is 0.741. The highest BCUT2D eigenvalue weighted by atomic mass is 16.4. The molecule has 0 atom stereocenters. The normalized spacial score (nSPS) is 13.5. The molecule has 0 N–H and O–H groups in total. The van der Waals surface area contributed by atoms with Gasteiger partial charge in [-0.1, -0.05) is 81.4 Å². The first-order valence-electron chi connectivity index (χ1n) is 9.89. The van der Waals surface area contributed by atoms with Crippen molar-refractivity contribution < 1.29 is 19.8 Å². The van der Waals surface area contributed by atoms with E-state index in [0.717, 1.165) is 0 Å². The van der Waals surface area contributed by atoms with Crippen LogP contribution in [0.1, 0.15) is 114 Å². The zero-order chi connectivity index (χ0) is 22.3. The molecular weight excluding hydrogens is 352 g/mol. The zero-order valence-electron chi connectivity index (χ0n) is 19.2. The lowest BCUT2D eigenvalue weighted by atomic mass is 9.62. The van der Waals surface area contributed by atoms with Gasteiger partial charge in [0, 0.05) is 11.1 Å². The van der Waals surface area contributed by atoms with E-state index in [2.05, 4.69) is 41.5 Å². The van der Waals surface area contributed by atoms with Gasteiger partial charge in [-0.05, 0) is 45.6 Å². The molecule has 158 valence electrons. The molecule has 0 unspecified atom stereocenters. The molecule has 0 spiro atoms. The summed E-state index contributed by atoms with van der Waals surface area (Å²) < 4.78 is 0. The Hall–Kier alpha value is -1.84. The summed E-state index contributed by atoms with van der Waals surface area (Å²) in [5.41, 5.74) is -0.0393. The number of carbonyl (C=O) groups excluding carboxylic acids is 2. The van der Waals surface area contributed by atoms with Crippen LogP contribution in [-0.4, -0.2) is 11.9 Å². The standard InChI is InChI=1S/C24H38O4/c1-21(2,3)13-23(7,8)17-15(19(25)26)11-12-16(20(27)28)18(17)24(9,10)14-22(4,5)6/h11-12H,13-14H2,1-10H3,(H,25,26)(H,27,28)/p-2. The summed E-state index contributed by atoms with van der Waals surface area (Å²) in [6, 6.07) is 2.72. The van der Waals surface area contributed by atoms with Gasteiger partial charge in [-0.3, -0.25) is 0 Å². The molecule has 0 aliphatic heterocycles. The maximum absolute atomic E-state index is 12.0. The molecule has 0 bridgehead atoms. The van der Waals surface area contributed by atoms with Crippen LogP contribution in [0.4, 0.5) is 0 Å². The Kier molecular flexibility index (Phi) is 6.51. The minimum Gasteiger partial charge on any atom is -0.545 e. The highest BCUT2D eigenvalue weighted by Crippen LogP contribution is 2.46. The lowest BCUT2D eigenvalue weighted by Gasteiger charge is -2.42. The SMILES string of the molecule is CC(C)(C)CC(C)(C)c1c(C(=O)[O-])ccc(C(=O)[O-])c1C(C)(C)CC(C)(C)C. The van der Waals surface area contributed by atoms with Gasteiger partial charge in [-0.2, -0.15) is 0 Å². The van der Waals surface area contributed by atoms with Crippen LogP contribution in [-0.2, 0) is 10.8 Å². The van der Waals surface area contributed by atoms with Crippen molar-refractivity contribution in [1.82, 2.24) is 0 Å². The Morgan fingerprint density at radius 2 is 0.893 bits per heavy atom. The Labute approximate surface area is 170 Å². The number of carboxylic acid groups (broad SMARTS) is 2. The van der Waals surface area contributed by atoms with E-state index in [-0.39, 0.29) is 22.0 Å². The van der Waals surface area contributed by atoms with Gasteiger partial charge in [0.15, 0.2) is 0 Å². The molecular formula is C24H36O4-2. The summed E-state index contributed by atoms with van der Waals surface area (Å²) >= 11 is 0.